The van der Waals surface area contributed by atoms with Crippen LogP contribution in [0.15, 0.2) is 24.4 Å². The van der Waals surface area contributed by atoms with Crippen LogP contribution in [0.3, 0.4) is 0 Å². The number of aromatic amines is 1. The summed E-state index contributed by atoms with van der Waals surface area (Å²) in [5.74, 6) is 0. The average Bonchev–Trinajstić information content (AvgIpc) is 2.65. The van der Waals surface area contributed by atoms with E-state index in [1.165, 1.54) is 12.1 Å². The SMILES string of the molecule is O=[N+]([O-])c1cc(CCO)c2cc[nH]c2c1. The van der Waals surface area contributed by atoms with Crippen molar-refractivity contribution in [2.45, 2.75) is 6.42 Å². The molecule has 0 fully saturated rings. The van der Waals surface area contributed by atoms with Gasteiger partial charge in [-0.15, -0.1) is 0 Å². The van der Waals surface area contributed by atoms with Crippen LogP contribution >= 0.6 is 0 Å². The normalized spacial score (nSPS) is 10.7. The van der Waals surface area contributed by atoms with Crippen LogP contribution in [-0.4, -0.2) is 21.6 Å². The number of nitro benzene ring substituents is 1. The van der Waals surface area contributed by atoms with Crippen molar-refractivity contribution in [3.8, 4) is 0 Å². The first-order valence-corrected chi connectivity index (χ1v) is 4.57. The molecule has 1 heterocycles. The van der Waals surface area contributed by atoms with Gasteiger partial charge >= 0.3 is 0 Å². The largest absolute Gasteiger partial charge is 0.396 e. The van der Waals surface area contributed by atoms with Gasteiger partial charge in [-0.05, 0) is 18.1 Å². The molecule has 0 aliphatic carbocycles. The molecule has 0 radical (unpaired) electrons. The molecular formula is C10H10N2O3. The van der Waals surface area contributed by atoms with Crippen molar-refractivity contribution in [3.63, 3.8) is 0 Å². The first-order chi connectivity index (χ1) is 7.22. The summed E-state index contributed by atoms with van der Waals surface area (Å²) in [5.41, 5.74) is 1.57. The Morgan fingerprint density at radius 1 is 1.47 bits per heavy atom. The van der Waals surface area contributed by atoms with Gasteiger partial charge in [0.2, 0.25) is 0 Å². The molecule has 5 heteroatoms. The van der Waals surface area contributed by atoms with Crippen molar-refractivity contribution >= 4 is 16.6 Å². The van der Waals surface area contributed by atoms with Crippen molar-refractivity contribution in [1.29, 1.82) is 0 Å². The van der Waals surface area contributed by atoms with Crippen molar-refractivity contribution < 1.29 is 10.0 Å². The van der Waals surface area contributed by atoms with Gasteiger partial charge in [0.1, 0.15) is 0 Å². The van der Waals surface area contributed by atoms with E-state index in [4.69, 9.17) is 5.11 Å². The number of non-ortho nitro benzene ring substituents is 1. The Balaban J connectivity index is 2.63. The number of nitrogens with one attached hydrogen (secondary N) is 1. The molecule has 1 aromatic carbocycles. The number of nitrogens with zero attached hydrogens (tertiary/aromatic N) is 1. The Labute approximate surface area is 85.5 Å². The maximum absolute atomic E-state index is 10.7. The van der Waals surface area contributed by atoms with Gasteiger partial charge < -0.3 is 10.1 Å². The van der Waals surface area contributed by atoms with Crippen LogP contribution in [0.25, 0.3) is 10.9 Å². The van der Waals surface area contributed by atoms with E-state index in [1.54, 1.807) is 6.20 Å². The second kappa shape index (κ2) is 3.70. The quantitative estimate of drug-likeness (QED) is 0.591. The van der Waals surface area contributed by atoms with Crippen molar-refractivity contribution in [3.05, 3.63) is 40.1 Å². The molecule has 15 heavy (non-hydrogen) atoms. The highest BCUT2D eigenvalue weighted by Crippen LogP contribution is 2.24. The molecule has 2 rings (SSSR count). The second-order valence-electron chi connectivity index (χ2n) is 3.27. The summed E-state index contributed by atoms with van der Waals surface area (Å²) in [5, 5.41) is 20.4. The lowest BCUT2D eigenvalue weighted by molar-refractivity contribution is -0.384. The van der Waals surface area contributed by atoms with Crippen molar-refractivity contribution in [2.75, 3.05) is 6.61 Å². The number of aliphatic hydroxyl groups is 1. The minimum atomic E-state index is -0.429. The zero-order chi connectivity index (χ0) is 10.8. The molecule has 0 aliphatic rings. The van der Waals surface area contributed by atoms with Crippen LogP contribution in [0.5, 0.6) is 0 Å². The highest BCUT2D eigenvalue weighted by Gasteiger charge is 2.11. The number of aromatic nitrogens is 1. The zero-order valence-electron chi connectivity index (χ0n) is 7.93. The van der Waals surface area contributed by atoms with Gasteiger partial charge in [0.15, 0.2) is 0 Å². The number of aliphatic hydroxyl groups excluding tert-OH is 1. The number of hydrogen-bond acceptors (Lipinski definition) is 3. The van der Waals surface area contributed by atoms with Gasteiger partial charge in [-0.3, -0.25) is 10.1 Å². The Morgan fingerprint density at radius 2 is 2.27 bits per heavy atom. The van der Waals surface area contributed by atoms with E-state index >= 15 is 0 Å². The van der Waals surface area contributed by atoms with Crippen LogP contribution < -0.4 is 0 Å². The third kappa shape index (κ3) is 1.69. The summed E-state index contributed by atoms with van der Waals surface area (Å²) >= 11 is 0. The van der Waals surface area contributed by atoms with Gasteiger partial charge in [-0.1, -0.05) is 0 Å². The summed E-state index contributed by atoms with van der Waals surface area (Å²) in [6.07, 6.45) is 2.16. The van der Waals surface area contributed by atoms with Gasteiger partial charge in [-0.25, -0.2) is 0 Å². The van der Waals surface area contributed by atoms with Gasteiger partial charge in [-0.2, -0.15) is 0 Å². The number of nitro groups is 1. The number of rotatable bonds is 3. The van der Waals surface area contributed by atoms with Crippen LogP contribution in [0.2, 0.25) is 0 Å². The lowest BCUT2D eigenvalue weighted by atomic mass is 10.1. The third-order valence-electron chi connectivity index (χ3n) is 2.33. The standard InChI is InChI=1S/C10H10N2O3/c13-4-2-7-5-8(12(14)15)6-10-9(7)1-3-11-10/h1,3,5-6,11,13H,2,4H2. The van der Waals surface area contributed by atoms with Gasteiger partial charge in [0, 0.05) is 30.3 Å². The fourth-order valence-corrected chi connectivity index (χ4v) is 1.66. The van der Waals surface area contributed by atoms with Crippen LogP contribution in [0, 0.1) is 10.1 Å². The van der Waals surface area contributed by atoms with Crippen LogP contribution in [0.1, 0.15) is 5.56 Å². The molecule has 0 spiro atoms. The Morgan fingerprint density at radius 3 is 2.93 bits per heavy atom. The molecule has 5 nitrogen and oxygen atoms in total. The molecule has 0 unspecified atom stereocenters. The fraction of sp³-hybridized carbons (Fsp3) is 0.200. The van der Waals surface area contributed by atoms with E-state index in [1.807, 2.05) is 6.07 Å². The van der Waals surface area contributed by atoms with E-state index in [0.717, 1.165) is 16.5 Å². The maximum Gasteiger partial charge on any atom is 0.271 e. The molecule has 2 aromatic rings. The Kier molecular flexibility index (Phi) is 2.39. The average molecular weight is 206 g/mol. The Bertz CT molecular complexity index is 504. The number of hydrogen-bond donors (Lipinski definition) is 2. The predicted molar refractivity (Wildman–Crippen MR) is 55.7 cm³/mol. The Hall–Kier alpha value is -1.88. The highest BCUT2D eigenvalue weighted by atomic mass is 16.6. The lowest BCUT2D eigenvalue weighted by Gasteiger charge is -2.01. The van der Waals surface area contributed by atoms with E-state index < -0.39 is 4.92 Å². The fourth-order valence-electron chi connectivity index (χ4n) is 1.66. The molecule has 0 amide bonds. The van der Waals surface area contributed by atoms with Crippen LogP contribution in [0.4, 0.5) is 5.69 Å². The molecule has 0 aliphatic heterocycles. The number of H-pyrrole nitrogens is 1. The monoisotopic (exact) mass is 206 g/mol. The molecule has 1 aromatic heterocycles. The summed E-state index contributed by atoms with van der Waals surface area (Å²) in [7, 11) is 0. The first-order valence-electron chi connectivity index (χ1n) is 4.57. The number of benzene rings is 1. The summed E-state index contributed by atoms with van der Waals surface area (Å²) in [6, 6.07) is 4.85. The molecule has 2 N–H and O–H groups in total. The van der Waals surface area contributed by atoms with Crippen molar-refractivity contribution in [1.82, 2.24) is 4.98 Å². The zero-order valence-corrected chi connectivity index (χ0v) is 7.93. The maximum atomic E-state index is 10.7. The predicted octanol–water partition coefficient (Wildman–Crippen LogP) is 1.61. The minimum absolute atomic E-state index is 0.0125. The topological polar surface area (TPSA) is 79.2 Å². The highest BCUT2D eigenvalue weighted by molar-refractivity contribution is 5.85. The first kappa shape index (κ1) is 9.67. The summed E-state index contributed by atoms with van der Waals surface area (Å²) in [6.45, 7) is -0.0125. The minimum Gasteiger partial charge on any atom is -0.396 e. The summed E-state index contributed by atoms with van der Waals surface area (Å²) in [4.78, 5) is 13.2. The smallest absolute Gasteiger partial charge is 0.271 e. The van der Waals surface area contributed by atoms with Crippen LogP contribution in [-0.2, 0) is 6.42 Å². The second-order valence-corrected chi connectivity index (χ2v) is 3.27. The number of fused-ring (bicyclic) bond motifs is 1. The van der Waals surface area contributed by atoms with Gasteiger partial charge in [0.05, 0.1) is 10.4 Å². The molecule has 0 atom stereocenters. The van der Waals surface area contributed by atoms with E-state index in [2.05, 4.69) is 4.98 Å². The molecule has 0 saturated carbocycles. The van der Waals surface area contributed by atoms with E-state index in [0.29, 0.717) is 6.42 Å². The molecule has 0 saturated heterocycles. The van der Waals surface area contributed by atoms with Gasteiger partial charge in [0.25, 0.3) is 5.69 Å². The van der Waals surface area contributed by atoms with Crippen molar-refractivity contribution in [2.24, 2.45) is 0 Å². The molecular weight excluding hydrogens is 196 g/mol. The van der Waals surface area contributed by atoms with E-state index in [9.17, 15) is 10.1 Å². The summed E-state index contributed by atoms with van der Waals surface area (Å²) < 4.78 is 0. The third-order valence-corrected chi connectivity index (χ3v) is 2.33. The molecule has 78 valence electrons. The molecule has 0 bridgehead atoms. The van der Waals surface area contributed by atoms with E-state index in [-0.39, 0.29) is 12.3 Å². The lowest BCUT2D eigenvalue weighted by Crippen LogP contribution is -1.94.